The Balaban J connectivity index is 1.33. The zero-order valence-corrected chi connectivity index (χ0v) is 25.8. The highest BCUT2D eigenvalue weighted by atomic mass is 16.5. The van der Waals surface area contributed by atoms with E-state index in [9.17, 15) is 10.1 Å². The van der Waals surface area contributed by atoms with E-state index in [-0.39, 0.29) is 12.1 Å². The summed E-state index contributed by atoms with van der Waals surface area (Å²) in [6.45, 7) is 5.12. The van der Waals surface area contributed by atoms with Gasteiger partial charge in [0.2, 0.25) is 0 Å². The second kappa shape index (κ2) is 19.2. The maximum absolute atomic E-state index is 12.9. The highest BCUT2D eigenvalue weighted by Crippen LogP contribution is 2.41. The molecular weight excluding hydrogens is 494 g/mol. The van der Waals surface area contributed by atoms with Crippen LogP contribution in [0.15, 0.2) is 18.2 Å². The van der Waals surface area contributed by atoms with E-state index >= 15 is 0 Å². The first-order valence-corrected chi connectivity index (χ1v) is 17.0. The number of hydrogen-bond donors (Lipinski definition) is 0. The molecule has 2 saturated carbocycles. The van der Waals surface area contributed by atoms with E-state index in [0.29, 0.717) is 23.5 Å². The number of esters is 1. The molecule has 2 aliphatic rings. The minimum absolute atomic E-state index is 0.00182. The predicted octanol–water partition coefficient (Wildman–Crippen LogP) is 10.6. The van der Waals surface area contributed by atoms with Crippen molar-refractivity contribution < 1.29 is 14.3 Å². The highest BCUT2D eigenvalue weighted by molar-refractivity contribution is 5.90. The molecule has 0 saturated heterocycles. The highest BCUT2D eigenvalue weighted by Gasteiger charge is 2.32. The standard InChI is InChI=1S/C36H57NO3/c1-3-5-7-9-11-13-15-29-16-18-30(19-17-29)31-20-23-34(24-21-31)40-36(38)32-22-25-35(33(27-32)28-37)39-26-14-12-10-8-6-4-2/h22,25,27,29-31,34H,3-21,23-24,26H2,1-2H3. The van der Waals surface area contributed by atoms with Crippen LogP contribution in [0.2, 0.25) is 0 Å². The molecule has 224 valence electrons. The Hall–Kier alpha value is -2.02. The van der Waals surface area contributed by atoms with Gasteiger partial charge in [0.25, 0.3) is 0 Å². The second-order valence-electron chi connectivity index (χ2n) is 12.7. The van der Waals surface area contributed by atoms with Crippen molar-refractivity contribution in [3.8, 4) is 11.8 Å². The number of ether oxygens (including phenoxy) is 2. The van der Waals surface area contributed by atoms with Gasteiger partial charge in [0, 0.05) is 0 Å². The topological polar surface area (TPSA) is 59.3 Å². The van der Waals surface area contributed by atoms with Crippen LogP contribution in [0.4, 0.5) is 0 Å². The lowest BCUT2D eigenvalue weighted by Gasteiger charge is -2.37. The summed E-state index contributed by atoms with van der Waals surface area (Å²) >= 11 is 0. The van der Waals surface area contributed by atoms with Crippen LogP contribution in [0.3, 0.4) is 0 Å². The molecule has 0 unspecified atom stereocenters. The Labute approximate surface area is 245 Å². The Morgan fingerprint density at radius 2 is 1.35 bits per heavy atom. The number of hydrogen-bond acceptors (Lipinski definition) is 4. The molecule has 3 rings (SSSR count). The molecule has 0 heterocycles. The van der Waals surface area contributed by atoms with E-state index in [2.05, 4.69) is 19.9 Å². The zero-order chi connectivity index (χ0) is 28.4. The van der Waals surface area contributed by atoms with Crippen molar-refractivity contribution >= 4 is 5.97 Å². The number of rotatable bonds is 18. The molecule has 1 aromatic carbocycles. The van der Waals surface area contributed by atoms with Gasteiger partial charge in [0.15, 0.2) is 0 Å². The van der Waals surface area contributed by atoms with E-state index in [4.69, 9.17) is 9.47 Å². The first-order valence-electron chi connectivity index (χ1n) is 17.0. The first-order chi connectivity index (χ1) is 19.6. The maximum Gasteiger partial charge on any atom is 0.338 e. The van der Waals surface area contributed by atoms with Gasteiger partial charge in [0.05, 0.1) is 17.7 Å². The molecule has 1 aromatic rings. The van der Waals surface area contributed by atoms with Crippen LogP contribution in [-0.2, 0) is 4.74 Å². The quantitative estimate of drug-likeness (QED) is 0.134. The molecule has 0 aliphatic heterocycles. The molecule has 0 spiro atoms. The van der Waals surface area contributed by atoms with Crippen molar-refractivity contribution in [2.24, 2.45) is 17.8 Å². The Bertz CT molecular complexity index is 875. The van der Waals surface area contributed by atoms with Gasteiger partial charge in [-0.2, -0.15) is 5.26 Å². The van der Waals surface area contributed by atoms with Gasteiger partial charge in [-0.3, -0.25) is 0 Å². The van der Waals surface area contributed by atoms with Crippen molar-refractivity contribution in [1.29, 1.82) is 5.26 Å². The van der Waals surface area contributed by atoms with Crippen LogP contribution in [0.25, 0.3) is 0 Å². The van der Waals surface area contributed by atoms with Gasteiger partial charge < -0.3 is 9.47 Å². The third-order valence-electron chi connectivity index (χ3n) is 9.61. The molecule has 40 heavy (non-hydrogen) atoms. The average molecular weight is 552 g/mol. The number of nitriles is 1. The summed E-state index contributed by atoms with van der Waals surface area (Å²) < 4.78 is 11.8. The summed E-state index contributed by atoms with van der Waals surface area (Å²) in [6.07, 6.45) is 27.0. The van der Waals surface area contributed by atoms with Crippen molar-refractivity contribution in [3.63, 3.8) is 0 Å². The van der Waals surface area contributed by atoms with Gasteiger partial charge in [-0.05, 0) is 80.9 Å². The van der Waals surface area contributed by atoms with Gasteiger partial charge in [-0.15, -0.1) is 0 Å². The smallest absolute Gasteiger partial charge is 0.338 e. The van der Waals surface area contributed by atoms with E-state index < -0.39 is 0 Å². The fourth-order valence-corrected chi connectivity index (χ4v) is 6.99. The van der Waals surface area contributed by atoms with Gasteiger partial charge in [-0.25, -0.2) is 4.79 Å². The molecule has 2 fully saturated rings. The van der Waals surface area contributed by atoms with Gasteiger partial charge in [0.1, 0.15) is 17.9 Å². The summed E-state index contributed by atoms with van der Waals surface area (Å²) in [5, 5.41) is 9.62. The molecule has 4 heteroatoms. The lowest BCUT2D eigenvalue weighted by atomic mass is 9.70. The minimum atomic E-state index is -0.308. The maximum atomic E-state index is 12.9. The Morgan fingerprint density at radius 1 is 0.775 bits per heavy atom. The van der Waals surface area contributed by atoms with Crippen molar-refractivity contribution in [2.75, 3.05) is 6.61 Å². The summed E-state index contributed by atoms with van der Waals surface area (Å²) in [7, 11) is 0. The van der Waals surface area contributed by atoms with Crippen LogP contribution in [0, 0.1) is 29.1 Å². The molecule has 4 nitrogen and oxygen atoms in total. The van der Waals surface area contributed by atoms with Crippen LogP contribution in [-0.4, -0.2) is 18.7 Å². The van der Waals surface area contributed by atoms with Crippen molar-refractivity contribution in [1.82, 2.24) is 0 Å². The normalized spacial score (nSPS) is 22.9. The molecule has 0 N–H and O–H groups in total. The van der Waals surface area contributed by atoms with Crippen LogP contribution < -0.4 is 4.74 Å². The molecule has 0 radical (unpaired) electrons. The lowest BCUT2D eigenvalue weighted by molar-refractivity contribution is 0.0109. The molecular formula is C36H57NO3. The number of benzene rings is 1. The molecule has 0 atom stereocenters. The fourth-order valence-electron chi connectivity index (χ4n) is 6.99. The van der Waals surface area contributed by atoms with Crippen molar-refractivity contribution in [3.05, 3.63) is 29.3 Å². The van der Waals surface area contributed by atoms with Gasteiger partial charge >= 0.3 is 5.97 Å². The zero-order valence-electron chi connectivity index (χ0n) is 25.8. The minimum Gasteiger partial charge on any atom is -0.492 e. The number of carbonyl (C=O) groups excluding carboxylic acids is 1. The molecule has 0 amide bonds. The summed E-state index contributed by atoms with van der Waals surface area (Å²) in [5.41, 5.74) is 0.866. The second-order valence-corrected chi connectivity index (χ2v) is 12.7. The lowest BCUT2D eigenvalue weighted by Crippen LogP contribution is -2.29. The summed E-state index contributed by atoms with van der Waals surface area (Å²) in [6, 6.07) is 7.33. The van der Waals surface area contributed by atoms with Gasteiger partial charge in [-0.1, -0.05) is 104 Å². The molecule has 2 aliphatic carbocycles. The SMILES string of the molecule is CCCCCCCCOc1ccc(C(=O)OC2CCC(C3CCC(CCCCCCCC)CC3)CC2)cc1C#N. The van der Waals surface area contributed by atoms with E-state index in [1.54, 1.807) is 18.2 Å². The number of nitrogens with zero attached hydrogens (tertiary/aromatic N) is 1. The predicted molar refractivity (Wildman–Crippen MR) is 165 cm³/mol. The Morgan fingerprint density at radius 3 is 1.98 bits per heavy atom. The average Bonchev–Trinajstić information content (AvgIpc) is 2.99. The number of carbonyl (C=O) groups is 1. The van der Waals surface area contributed by atoms with E-state index in [1.807, 2.05) is 0 Å². The first kappa shape index (κ1) is 32.5. The Kier molecular flexibility index (Phi) is 15.6. The summed E-state index contributed by atoms with van der Waals surface area (Å²) in [4.78, 5) is 12.9. The van der Waals surface area contributed by atoms with E-state index in [0.717, 1.165) is 43.4 Å². The van der Waals surface area contributed by atoms with E-state index in [1.165, 1.54) is 109 Å². The fraction of sp³-hybridized carbons (Fsp3) is 0.778. The van der Waals surface area contributed by atoms with Crippen LogP contribution in [0.1, 0.15) is 165 Å². The molecule has 0 aromatic heterocycles. The molecule has 0 bridgehead atoms. The largest absolute Gasteiger partial charge is 0.492 e. The van der Waals surface area contributed by atoms with Crippen LogP contribution >= 0.6 is 0 Å². The third kappa shape index (κ3) is 11.5. The van der Waals surface area contributed by atoms with Crippen LogP contribution in [0.5, 0.6) is 5.75 Å². The number of unbranched alkanes of at least 4 members (excludes halogenated alkanes) is 10. The van der Waals surface area contributed by atoms with Crippen molar-refractivity contribution in [2.45, 2.75) is 155 Å². The summed E-state index contributed by atoms with van der Waals surface area (Å²) in [5.74, 6) is 2.90. The monoisotopic (exact) mass is 551 g/mol. The third-order valence-corrected chi connectivity index (χ3v) is 9.61.